The van der Waals surface area contributed by atoms with E-state index in [2.05, 4.69) is 5.32 Å². The van der Waals surface area contributed by atoms with Crippen molar-refractivity contribution < 1.29 is 18.7 Å². The van der Waals surface area contributed by atoms with Crippen LogP contribution in [0.25, 0.3) is 0 Å². The van der Waals surface area contributed by atoms with E-state index in [9.17, 15) is 14.0 Å². The second kappa shape index (κ2) is 9.05. The average molecular weight is 399 g/mol. The molecular formula is C22H26FN3O3. The molecule has 1 saturated heterocycles. The number of amides is 2. The van der Waals surface area contributed by atoms with Crippen LogP contribution in [0.1, 0.15) is 21.5 Å². The molecule has 2 aromatic carbocycles. The second-order valence-corrected chi connectivity index (χ2v) is 7.28. The van der Waals surface area contributed by atoms with Crippen LogP contribution in [0.15, 0.2) is 36.4 Å². The number of aryl methyl sites for hydroxylation is 2. The van der Waals surface area contributed by atoms with Crippen molar-refractivity contribution >= 4 is 17.5 Å². The summed E-state index contributed by atoms with van der Waals surface area (Å²) in [5, 5.41) is 2.89. The highest BCUT2D eigenvalue weighted by Crippen LogP contribution is 2.25. The van der Waals surface area contributed by atoms with E-state index in [1.54, 1.807) is 31.1 Å². The van der Waals surface area contributed by atoms with Gasteiger partial charge in [-0.15, -0.1) is 0 Å². The summed E-state index contributed by atoms with van der Waals surface area (Å²) in [4.78, 5) is 28.7. The number of hydrogen-bond acceptors (Lipinski definition) is 4. The van der Waals surface area contributed by atoms with Crippen molar-refractivity contribution in [1.29, 1.82) is 0 Å². The molecule has 29 heavy (non-hydrogen) atoms. The molecule has 6 nitrogen and oxygen atoms in total. The number of nitrogens with one attached hydrogen (secondary N) is 1. The van der Waals surface area contributed by atoms with Gasteiger partial charge in [0.15, 0.2) is 0 Å². The number of ether oxygens (including phenoxy) is 1. The van der Waals surface area contributed by atoms with Crippen molar-refractivity contribution in [3.05, 3.63) is 58.9 Å². The van der Waals surface area contributed by atoms with Crippen molar-refractivity contribution in [1.82, 2.24) is 9.80 Å². The Morgan fingerprint density at radius 2 is 1.79 bits per heavy atom. The van der Waals surface area contributed by atoms with Gasteiger partial charge in [-0.1, -0.05) is 12.1 Å². The van der Waals surface area contributed by atoms with Gasteiger partial charge in [-0.25, -0.2) is 4.39 Å². The summed E-state index contributed by atoms with van der Waals surface area (Å²) in [6.45, 7) is 6.00. The number of hydrogen-bond donors (Lipinski definition) is 1. The molecule has 7 heteroatoms. The Bertz CT molecular complexity index is 908. The minimum Gasteiger partial charge on any atom is -0.495 e. The summed E-state index contributed by atoms with van der Waals surface area (Å²) < 4.78 is 19.0. The molecule has 2 aromatic rings. The van der Waals surface area contributed by atoms with Gasteiger partial charge in [-0.05, 0) is 49.2 Å². The third-order valence-electron chi connectivity index (χ3n) is 5.07. The number of methoxy groups -OCH3 is 1. The Morgan fingerprint density at radius 3 is 2.45 bits per heavy atom. The molecule has 1 heterocycles. The zero-order valence-electron chi connectivity index (χ0n) is 17.0. The smallest absolute Gasteiger partial charge is 0.254 e. The molecule has 2 amide bonds. The van der Waals surface area contributed by atoms with Gasteiger partial charge < -0.3 is 15.0 Å². The van der Waals surface area contributed by atoms with Gasteiger partial charge in [0, 0.05) is 31.7 Å². The van der Waals surface area contributed by atoms with Gasteiger partial charge in [0.25, 0.3) is 5.91 Å². The Balaban J connectivity index is 1.53. The SMILES string of the molecule is COc1ccc(C)cc1NC(=O)CN1CCN(C(=O)c2ccc(C)c(F)c2)CC1. The summed E-state index contributed by atoms with van der Waals surface area (Å²) in [6.07, 6.45) is 0. The molecule has 1 N–H and O–H groups in total. The van der Waals surface area contributed by atoms with Gasteiger partial charge in [0.2, 0.25) is 5.91 Å². The number of carbonyl (C=O) groups excluding carboxylic acids is 2. The molecule has 0 unspecified atom stereocenters. The zero-order valence-corrected chi connectivity index (χ0v) is 17.0. The molecule has 0 saturated carbocycles. The molecule has 154 valence electrons. The molecule has 0 bridgehead atoms. The van der Waals surface area contributed by atoms with E-state index < -0.39 is 0 Å². The van der Waals surface area contributed by atoms with Crippen LogP contribution in [0, 0.1) is 19.7 Å². The third-order valence-corrected chi connectivity index (χ3v) is 5.07. The van der Waals surface area contributed by atoms with Crippen LogP contribution in [-0.2, 0) is 4.79 Å². The molecule has 1 fully saturated rings. The second-order valence-electron chi connectivity index (χ2n) is 7.28. The van der Waals surface area contributed by atoms with Crippen molar-refractivity contribution in [3.8, 4) is 5.75 Å². The number of piperazine rings is 1. The van der Waals surface area contributed by atoms with E-state index in [4.69, 9.17) is 4.74 Å². The third kappa shape index (κ3) is 5.12. The molecular weight excluding hydrogens is 373 g/mol. The number of carbonyl (C=O) groups is 2. The number of rotatable bonds is 5. The molecule has 0 radical (unpaired) electrons. The molecule has 0 aliphatic carbocycles. The normalized spacial score (nSPS) is 14.6. The van der Waals surface area contributed by atoms with Crippen LogP contribution >= 0.6 is 0 Å². The summed E-state index contributed by atoms with van der Waals surface area (Å²) in [5.41, 5.74) is 2.54. The average Bonchev–Trinajstić information content (AvgIpc) is 2.70. The van der Waals surface area contributed by atoms with E-state index in [0.29, 0.717) is 48.7 Å². The first-order valence-corrected chi connectivity index (χ1v) is 9.59. The van der Waals surface area contributed by atoms with Crippen LogP contribution in [0.2, 0.25) is 0 Å². The van der Waals surface area contributed by atoms with E-state index in [1.165, 1.54) is 6.07 Å². The topological polar surface area (TPSA) is 61.9 Å². The number of nitrogens with zero attached hydrogens (tertiary/aromatic N) is 2. The Hall–Kier alpha value is -2.93. The van der Waals surface area contributed by atoms with E-state index >= 15 is 0 Å². The number of halogens is 1. The van der Waals surface area contributed by atoms with Crippen molar-refractivity contribution in [2.45, 2.75) is 13.8 Å². The van der Waals surface area contributed by atoms with Crippen LogP contribution < -0.4 is 10.1 Å². The van der Waals surface area contributed by atoms with Crippen molar-refractivity contribution in [3.63, 3.8) is 0 Å². The van der Waals surface area contributed by atoms with Crippen LogP contribution in [0.3, 0.4) is 0 Å². The molecule has 1 aliphatic rings. The molecule has 3 rings (SSSR count). The van der Waals surface area contributed by atoms with Gasteiger partial charge in [0.1, 0.15) is 11.6 Å². The predicted molar refractivity (Wildman–Crippen MR) is 110 cm³/mol. The highest BCUT2D eigenvalue weighted by atomic mass is 19.1. The fraction of sp³-hybridized carbons (Fsp3) is 0.364. The summed E-state index contributed by atoms with van der Waals surface area (Å²) >= 11 is 0. The fourth-order valence-corrected chi connectivity index (χ4v) is 3.33. The van der Waals surface area contributed by atoms with E-state index in [-0.39, 0.29) is 24.2 Å². The Labute approximate surface area is 170 Å². The Kier molecular flexibility index (Phi) is 6.49. The maximum Gasteiger partial charge on any atom is 0.254 e. The van der Waals surface area contributed by atoms with Crippen LogP contribution in [-0.4, -0.2) is 61.4 Å². The molecule has 0 spiro atoms. The fourth-order valence-electron chi connectivity index (χ4n) is 3.33. The standard InChI is InChI=1S/C22H26FN3O3/c1-15-4-7-20(29-3)19(12-15)24-21(27)14-25-8-10-26(11-9-25)22(28)17-6-5-16(2)18(23)13-17/h4-7,12-13H,8-11,14H2,1-3H3,(H,24,27). The lowest BCUT2D eigenvalue weighted by atomic mass is 10.1. The first-order chi connectivity index (χ1) is 13.9. The minimum absolute atomic E-state index is 0.130. The lowest BCUT2D eigenvalue weighted by molar-refractivity contribution is -0.117. The van der Waals surface area contributed by atoms with Crippen LogP contribution in [0.5, 0.6) is 5.75 Å². The van der Waals surface area contributed by atoms with Crippen molar-refractivity contribution in [2.75, 3.05) is 45.2 Å². The van der Waals surface area contributed by atoms with E-state index in [1.807, 2.05) is 30.0 Å². The molecule has 1 aliphatic heterocycles. The largest absolute Gasteiger partial charge is 0.495 e. The summed E-state index contributed by atoms with van der Waals surface area (Å²) in [5.74, 6) is -0.0748. The zero-order chi connectivity index (χ0) is 21.0. The quantitative estimate of drug-likeness (QED) is 0.840. The van der Waals surface area contributed by atoms with Gasteiger partial charge in [-0.3, -0.25) is 14.5 Å². The van der Waals surface area contributed by atoms with E-state index in [0.717, 1.165) is 5.56 Å². The van der Waals surface area contributed by atoms with Crippen molar-refractivity contribution in [2.24, 2.45) is 0 Å². The van der Waals surface area contributed by atoms with Gasteiger partial charge in [-0.2, -0.15) is 0 Å². The molecule has 0 aromatic heterocycles. The number of anilines is 1. The van der Waals surface area contributed by atoms with Gasteiger partial charge >= 0.3 is 0 Å². The number of benzene rings is 2. The maximum absolute atomic E-state index is 13.7. The lowest BCUT2D eigenvalue weighted by Crippen LogP contribution is -2.50. The first kappa shape index (κ1) is 20.8. The summed E-state index contributed by atoms with van der Waals surface area (Å²) in [6, 6.07) is 10.2. The monoisotopic (exact) mass is 399 g/mol. The van der Waals surface area contributed by atoms with Crippen LogP contribution in [0.4, 0.5) is 10.1 Å². The highest BCUT2D eigenvalue weighted by molar-refractivity contribution is 5.95. The Morgan fingerprint density at radius 1 is 1.07 bits per heavy atom. The molecule has 0 atom stereocenters. The highest BCUT2D eigenvalue weighted by Gasteiger charge is 2.24. The minimum atomic E-state index is -0.377. The lowest BCUT2D eigenvalue weighted by Gasteiger charge is -2.34. The summed E-state index contributed by atoms with van der Waals surface area (Å²) in [7, 11) is 1.57. The predicted octanol–water partition coefficient (Wildman–Crippen LogP) is 2.85. The van der Waals surface area contributed by atoms with Gasteiger partial charge in [0.05, 0.1) is 19.3 Å². The maximum atomic E-state index is 13.7. The first-order valence-electron chi connectivity index (χ1n) is 9.59.